The van der Waals surface area contributed by atoms with E-state index in [0.717, 1.165) is 10.9 Å². The average Bonchev–Trinajstić information content (AvgIpc) is 2.70. The third kappa shape index (κ3) is 3.51. The number of carbonyl (C=O) groups excluding carboxylic acids is 1. The Kier molecular flexibility index (Phi) is 4.51. The van der Waals surface area contributed by atoms with Crippen LogP contribution < -0.4 is 19.5 Å². The molecule has 0 spiro atoms. The summed E-state index contributed by atoms with van der Waals surface area (Å²) in [6.45, 7) is 0.584. The summed E-state index contributed by atoms with van der Waals surface area (Å²) in [6.07, 6.45) is 1.17. The van der Waals surface area contributed by atoms with Crippen molar-refractivity contribution in [2.24, 2.45) is 0 Å². The van der Waals surface area contributed by atoms with Gasteiger partial charge in [-0.15, -0.1) is 0 Å². The van der Waals surface area contributed by atoms with Crippen LogP contribution in [-0.2, 0) is 4.79 Å². The van der Waals surface area contributed by atoms with Crippen LogP contribution >= 0.6 is 0 Å². The zero-order valence-corrected chi connectivity index (χ0v) is 13.9. The first-order chi connectivity index (χ1) is 12.8. The Labute approximate surface area is 149 Å². The van der Waals surface area contributed by atoms with Crippen LogP contribution in [0.4, 0.5) is 0 Å². The van der Waals surface area contributed by atoms with E-state index >= 15 is 0 Å². The van der Waals surface area contributed by atoms with Gasteiger partial charge in [0.2, 0.25) is 5.88 Å². The third-order valence-electron chi connectivity index (χ3n) is 3.94. The van der Waals surface area contributed by atoms with Gasteiger partial charge in [0.15, 0.2) is 18.1 Å². The number of para-hydroxylation sites is 3. The Hall–Kier alpha value is -3.35. The van der Waals surface area contributed by atoms with Crippen molar-refractivity contribution in [1.82, 2.24) is 15.3 Å². The summed E-state index contributed by atoms with van der Waals surface area (Å²) in [7, 11) is 0. The van der Waals surface area contributed by atoms with E-state index in [-0.39, 0.29) is 18.6 Å². The first-order valence-electron chi connectivity index (χ1n) is 8.27. The molecule has 0 radical (unpaired) electrons. The molecule has 0 saturated heterocycles. The topological polar surface area (TPSA) is 82.6 Å². The maximum atomic E-state index is 12.1. The van der Waals surface area contributed by atoms with Crippen LogP contribution in [0.25, 0.3) is 10.9 Å². The van der Waals surface area contributed by atoms with Crippen molar-refractivity contribution < 1.29 is 19.0 Å². The average molecular weight is 351 g/mol. The van der Waals surface area contributed by atoms with Crippen LogP contribution in [0, 0.1) is 0 Å². The second-order valence-corrected chi connectivity index (χ2v) is 5.79. The maximum Gasteiger partial charge on any atom is 0.258 e. The lowest BCUT2D eigenvalue weighted by molar-refractivity contribution is -0.123. The molecule has 7 heteroatoms. The number of amides is 1. The number of rotatable bonds is 5. The molecular weight excluding hydrogens is 334 g/mol. The number of nitrogens with zero attached hydrogens (tertiary/aromatic N) is 2. The molecule has 0 bridgehead atoms. The minimum Gasteiger partial charge on any atom is -0.486 e. The summed E-state index contributed by atoms with van der Waals surface area (Å²) >= 11 is 0. The number of fused-ring (bicyclic) bond motifs is 2. The van der Waals surface area contributed by atoms with E-state index in [1.165, 1.54) is 6.33 Å². The van der Waals surface area contributed by atoms with Gasteiger partial charge in [0, 0.05) is 0 Å². The highest BCUT2D eigenvalue weighted by atomic mass is 16.6. The van der Waals surface area contributed by atoms with Crippen molar-refractivity contribution in [1.29, 1.82) is 0 Å². The van der Waals surface area contributed by atoms with Crippen molar-refractivity contribution in [2.45, 2.75) is 6.10 Å². The SMILES string of the molecule is O=C(COc1ncnc2ccccc12)NCC1COc2ccccc2O1. The van der Waals surface area contributed by atoms with Crippen LogP contribution in [0.2, 0.25) is 0 Å². The van der Waals surface area contributed by atoms with Crippen LogP contribution in [0.15, 0.2) is 54.9 Å². The van der Waals surface area contributed by atoms with Crippen molar-refractivity contribution in [3.63, 3.8) is 0 Å². The summed E-state index contributed by atoms with van der Waals surface area (Å²) in [5.74, 6) is 1.53. The van der Waals surface area contributed by atoms with Gasteiger partial charge in [-0.25, -0.2) is 9.97 Å². The van der Waals surface area contributed by atoms with Crippen LogP contribution in [0.1, 0.15) is 0 Å². The minimum atomic E-state index is -0.254. The maximum absolute atomic E-state index is 12.1. The van der Waals surface area contributed by atoms with Gasteiger partial charge in [-0.3, -0.25) is 4.79 Å². The lowest BCUT2D eigenvalue weighted by atomic mass is 10.2. The first-order valence-corrected chi connectivity index (χ1v) is 8.27. The van der Waals surface area contributed by atoms with E-state index in [1.807, 2.05) is 48.5 Å². The zero-order chi connectivity index (χ0) is 17.8. The predicted molar refractivity (Wildman–Crippen MR) is 94.4 cm³/mol. The molecule has 0 fully saturated rings. The van der Waals surface area contributed by atoms with E-state index in [1.54, 1.807) is 0 Å². The molecule has 1 aromatic heterocycles. The second-order valence-electron chi connectivity index (χ2n) is 5.79. The molecule has 1 aliphatic heterocycles. The summed E-state index contributed by atoms with van der Waals surface area (Å²) in [5.41, 5.74) is 0.768. The van der Waals surface area contributed by atoms with Gasteiger partial charge in [-0.05, 0) is 24.3 Å². The monoisotopic (exact) mass is 351 g/mol. The largest absolute Gasteiger partial charge is 0.486 e. The Bertz CT molecular complexity index is 926. The molecule has 26 heavy (non-hydrogen) atoms. The summed E-state index contributed by atoms with van der Waals surface area (Å²) in [6, 6.07) is 14.9. The van der Waals surface area contributed by atoms with Crippen molar-refractivity contribution in [3.05, 3.63) is 54.9 Å². The lowest BCUT2D eigenvalue weighted by Crippen LogP contribution is -2.42. The molecular formula is C19H17N3O4. The zero-order valence-electron chi connectivity index (χ0n) is 13.9. The molecule has 2 aromatic carbocycles. The molecule has 0 aliphatic carbocycles. The fourth-order valence-corrected chi connectivity index (χ4v) is 2.67. The van der Waals surface area contributed by atoms with Gasteiger partial charge in [-0.1, -0.05) is 24.3 Å². The van der Waals surface area contributed by atoms with E-state index in [0.29, 0.717) is 30.5 Å². The number of hydrogen-bond acceptors (Lipinski definition) is 6. The van der Waals surface area contributed by atoms with E-state index in [4.69, 9.17) is 14.2 Å². The first kappa shape index (κ1) is 16.1. The lowest BCUT2D eigenvalue weighted by Gasteiger charge is -2.26. The highest BCUT2D eigenvalue weighted by molar-refractivity contribution is 5.83. The van der Waals surface area contributed by atoms with Gasteiger partial charge in [0.1, 0.15) is 19.0 Å². The normalized spacial score (nSPS) is 15.5. The summed E-state index contributed by atoms with van der Waals surface area (Å²) in [5, 5.41) is 3.56. The molecule has 2 heterocycles. The molecule has 1 atom stereocenters. The van der Waals surface area contributed by atoms with Crippen LogP contribution in [0.3, 0.4) is 0 Å². The number of hydrogen-bond donors (Lipinski definition) is 1. The Morgan fingerprint density at radius 2 is 1.92 bits per heavy atom. The molecule has 1 aliphatic rings. The number of benzene rings is 2. The van der Waals surface area contributed by atoms with E-state index < -0.39 is 0 Å². The van der Waals surface area contributed by atoms with Gasteiger partial charge >= 0.3 is 0 Å². The Morgan fingerprint density at radius 1 is 1.12 bits per heavy atom. The van der Waals surface area contributed by atoms with Crippen LogP contribution in [-0.4, -0.2) is 41.7 Å². The number of aromatic nitrogens is 2. The van der Waals surface area contributed by atoms with E-state index in [2.05, 4.69) is 15.3 Å². The number of carbonyl (C=O) groups is 1. The van der Waals surface area contributed by atoms with Crippen molar-refractivity contribution in [3.8, 4) is 17.4 Å². The molecule has 132 valence electrons. The van der Waals surface area contributed by atoms with Gasteiger partial charge < -0.3 is 19.5 Å². The van der Waals surface area contributed by atoms with Crippen LogP contribution in [0.5, 0.6) is 17.4 Å². The van der Waals surface area contributed by atoms with E-state index in [9.17, 15) is 4.79 Å². The molecule has 7 nitrogen and oxygen atoms in total. The molecule has 4 rings (SSSR count). The summed E-state index contributed by atoms with van der Waals surface area (Å²) in [4.78, 5) is 20.3. The third-order valence-corrected chi connectivity index (χ3v) is 3.94. The van der Waals surface area contributed by atoms with Gasteiger partial charge in [0.25, 0.3) is 5.91 Å². The molecule has 0 saturated carbocycles. The molecule has 3 aromatic rings. The van der Waals surface area contributed by atoms with Crippen molar-refractivity contribution in [2.75, 3.05) is 19.8 Å². The quantitative estimate of drug-likeness (QED) is 0.757. The minimum absolute atomic E-state index is 0.134. The van der Waals surface area contributed by atoms with Gasteiger partial charge in [-0.2, -0.15) is 0 Å². The second kappa shape index (κ2) is 7.26. The number of nitrogens with one attached hydrogen (secondary N) is 1. The summed E-state index contributed by atoms with van der Waals surface area (Å²) < 4.78 is 17.0. The van der Waals surface area contributed by atoms with Gasteiger partial charge in [0.05, 0.1) is 17.4 Å². The Balaban J connectivity index is 1.30. The molecule has 1 N–H and O–H groups in total. The molecule has 1 amide bonds. The standard InChI is InChI=1S/C19H17N3O4/c23-18(11-25-19-14-5-1-2-6-15(14)21-12-22-19)20-9-13-10-24-16-7-3-4-8-17(16)26-13/h1-8,12-13H,9-11H2,(H,20,23). The fourth-order valence-electron chi connectivity index (χ4n) is 2.67. The number of ether oxygens (including phenoxy) is 3. The fraction of sp³-hybridized carbons (Fsp3) is 0.211. The highest BCUT2D eigenvalue weighted by Crippen LogP contribution is 2.30. The van der Waals surface area contributed by atoms with Crippen molar-refractivity contribution >= 4 is 16.8 Å². The smallest absolute Gasteiger partial charge is 0.258 e. The molecule has 1 unspecified atom stereocenters. The highest BCUT2D eigenvalue weighted by Gasteiger charge is 2.21. The predicted octanol–water partition coefficient (Wildman–Crippen LogP) is 1.96. The Morgan fingerprint density at radius 3 is 2.85 bits per heavy atom.